The number of aliphatic hydroxyl groups is 1. The summed E-state index contributed by atoms with van der Waals surface area (Å²) >= 11 is 0. The minimum atomic E-state index is 0.0910. The van der Waals surface area contributed by atoms with Crippen LogP contribution in [0.4, 0.5) is 0 Å². The third-order valence-electron chi connectivity index (χ3n) is 2.13. The first kappa shape index (κ1) is 15.0. The van der Waals surface area contributed by atoms with Gasteiger partial charge in [-0.3, -0.25) is 0 Å². The minimum Gasteiger partial charge on any atom is -0.513 e. The Labute approximate surface area is 101 Å². The van der Waals surface area contributed by atoms with Crippen molar-refractivity contribution in [2.75, 3.05) is 0 Å². The van der Waals surface area contributed by atoms with Gasteiger partial charge in [-0.1, -0.05) is 59.8 Å². The molecule has 0 rings (SSSR count). The van der Waals surface area contributed by atoms with Crippen LogP contribution in [0.15, 0.2) is 35.6 Å². The minimum absolute atomic E-state index is 0.0910. The summed E-state index contributed by atoms with van der Waals surface area (Å²) in [7, 11) is 0. The standard InChI is InChI=1S/C15H26O/c1-12(16)8-9-13(15(5,6)7)10-11-14(2,3)4/h8-11,16H,1-7H3/b11-10+,12-8+,13-9+. The van der Waals surface area contributed by atoms with Crippen molar-refractivity contribution in [3.63, 3.8) is 0 Å². The van der Waals surface area contributed by atoms with Crippen LogP contribution in [0, 0.1) is 10.8 Å². The first-order valence-electron chi connectivity index (χ1n) is 5.79. The molecule has 0 aliphatic heterocycles. The van der Waals surface area contributed by atoms with E-state index in [2.05, 4.69) is 53.7 Å². The normalized spacial score (nSPS) is 15.9. The zero-order valence-electron chi connectivity index (χ0n) is 11.8. The van der Waals surface area contributed by atoms with Crippen molar-refractivity contribution in [1.29, 1.82) is 0 Å². The molecular formula is C15H26O. The van der Waals surface area contributed by atoms with Crippen molar-refractivity contribution in [3.8, 4) is 0 Å². The quantitative estimate of drug-likeness (QED) is 0.513. The van der Waals surface area contributed by atoms with E-state index in [0.717, 1.165) is 0 Å². The summed E-state index contributed by atoms with van der Waals surface area (Å²) in [5.74, 6) is 0.339. The third-order valence-corrected chi connectivity index (χ3v) is 2.13. The Kier molecular flexibility index (Phi) is 5.05. The number of aliphatic hydroxyl groups excluding tert-OH is 1. The lowest BCUT2D eigenvalue weighted by molar-refractivity contribution is 0.414. The molecule has 0 saturated carbocycles. The molecular weight excluding hydrogens is 196 g/mol. The molecule has 0 saturated heterocycles. The molecule has 1 heteroatoms. The van der Waals surface area contributed by atoms with E-state index in [1.165, 1.54) is 5.57 Å². The zero-order chi connectivity index (χ0) is 13.0. The predicted octanol–water partition coefficient (Wildman–Crippen LogP) is 5.02. The van der Waals surface area contributed by atoms with E-state index in [9.17, 15) is 5.11 Å². The molecule has 0 aromatic heterocycles. The number of hydrogen-bond acceptors (Lipinski definition) is 1. The molecule has 0 aromatic carbocycles. The number of hydrogen-bond donors (Lipinski definition) is 1. The van der Waals surface area contributed by atoms with Crippen LogP contribution in [-0.4, -0.2) is 5.11 Å². The van der Waals surface area contributed by atoms with Crippen molar-refractivity contribution in [2.45, 2.75) is 48.5 Å². The summed E-state index contributed by atoms with van der Waals surface area (Å²) in [5.41, 5.74) is 1.49. The first-order chi connectivity index (χ1) is 7.02. The summed E-state index contributed by atoms with van der Waals surface area (Å²) in [5, 5.41) is 9.19. The maximum absolute atomic E-state index is 9.19. The first-order valence-corrected chi connectivity index (χ1v) is 5.79. The Morgan fingerprint density at radius 1 is 0.938 bits per heavy atom. The maximum Gasteiger partial charge on any atom is 0.0891 e. The largest absolute Gasteiger partial charge is 0.513 e. The van der Waals surface area contributed by atoms with Crippen LogP contribution >= 0.6 is 0 Å². The molecule has 0 atom stereocenters. The van der Waals surface area contributed by atoms with Gasteiger partial charge in [0.15, 0.2) is 0 Å². The fourth-order valence-corrected chi connectivity index (χ4v) is 1.11. The Bertz CT molecular complexity index is 299. The van der Waals surface area contributed by atoms with Gasteiger partial charge in [-0.25, -0.2) is 0 Å². The topological polar surface area (TPSA) is 20.2 Å². The van der Waals surface area contributed by atoms with Crippen LogP contribution in [0.2, 0.25) is 0 Å². The lowest BCUT2D eigenvalue weighted by Gasteiger charge is -2.21. The zero-order valence-corrected chi connectivity index (χ0v) is 11.8. The summed E-state index contributed by atoms with van der Waals surface area (Å²) in [6, 6.07) is 0. The Balaban J connectivity index is 5.08. The van der Waals surface area contributed by atoms with E-state index in [4.69, 9.17) is 0 Å². The molecule has 0 spiro atoms. The van der Waals surface area contributed by atoms with Crippen molar-refractivity contribution in [2.24, 2.45) is 10.8 Å². The fourth-order valence-electron chi connectivity index (χ4n) is 1.11. The van der Waals surface area contributed by atoms with Crippen LogP contribution < -0.4 is 0 Å². The molecule has 0 aromatic rings. The van der Waals surface area contributed by atoms with Gasteiger partial charge in [0.25, 0.3) is 0 Å². The highest BCUT2D eigenvalue weighted by Crippen LogP contribution is 2.28. The molecule has 16 heavy (non-hydrogen) atoms. The molecule has 0 radical (unpaired) electrons. The summed E-state index contributed by atoms with van der Waals surface area (Å²) in [6.07, 6.45) is 8.08. The Morgan fingerprint density at radius 2 is 1.44 bits per heavy atom. The molecule has 92 valence electrons. The molecule has 0 heterocycles. The monoisotopic (exact) mass is 222 g/mol. The van der Waals surface area contributed by atoms with Gasteiger partial charge in [0, 0.05) is 0 Å². The van der Waals surface area contributed by atoms with E-state index >= 15 is 0 Å². The maximum atomic E-state index is 9.19. The van der Waals surface area contributed by atoms with Gasteiger partial charge < -0.3 is 5.11 Å². The molecule has 0 unspecified atom stereocenters. The highest BCUT2D eigenvalue weighted by Gasteiger charge is 2.15. The van der Waals surface area contributed by atoms with Crippen LogP contribution in [-0.2, 0) is 0 Å². The number of allylic oxidation sites excluding steroid dienone is 6. The van der Waals surface area contributed by atoms with Crippen LogP contribution in [0.3, 0.4) is 0 Å². The second-order valence-electron chi connectivity index (χ2n) is 6.38. The Hall–Kier alpha value is -0.980. The van der Waals surface area contributed by atoms with E-state index < -0.39 is 0 Å². The molecule has 1 nitrogen and oxygen atoms in total. The second-order valence-corrected chi connectivity index (χ2v) is 6.38. The van der Waals surface area contributed by atoms with Gasteiger partial charge in [-0.05, 0) is 29.4 Å². The third kappa shape index (κ3) is 7.33. The average molecular weight is 222 g/mol. The molecule has 0 fully saturated rings. The number of rotatable bonds is 2. The molecule has 0 aliphatic rings. The van der Waals surface area contributed by atoms with E-state index in [1.807, 2.05) is 6.08 Å². The van der Waals surface area contributed by atoms with Crippen molar-refractivity contribution < 1.29 is 5.11 Å². The van der Waals surface area contributed by atoms with Crippen LogP contribution in [0.1, 0.15) is 48.5 Å². The van der Waals surface area contributed by atoms with Gasteiger partial charge in [0.2, 0.25) is 0 Å². The Morgan fingerprint density at radius 3 is 1.75 bits per heavy atom. The SMILES string of the molecule is C\C(O)=C/C=C(\C=C\C(C)(C)C)C(C)(C)C. The molecule has 1 N–H and O–H groups in total. The van der Waals surface area contributed by atoms with E-state index in [-0.39, 0.29) is 10.8 Å². The molecule has 0 aliphatic carbocycles. The lowest BCUT2D eigenvalue weighted by Crippen LogP contribution is -2.08. The molecule has 0 amide bonds. The van der Waals surface area contributed by atoms with Gasteiger partial charge in [0.05, 0.1) is 5.76 Å². The van der Waals surface area contributed by atoms with Crippen molar-refractivity contribution >= 4 is 0 Å². The van der Waals surface area contributed by atoms with Crippen molar-refractivity contribution in [3.05, 3.63) is 35.6 Å². The summed E-state index contributed by atoms with van der Waals surface area (Å²) in [6.45, 7) is 14.7. The van der Waals surface area contributed by atoms with Crippen LogP contribution in [0.5, 0.6) is 0 Å². The van der Waals surface area contributed by atoms with Crippen LogP contribution in [0.25, 0.3) is 0 Å². The van der Waals surface area contributed by atoms with E-state index in [1.54, 1.807) is 13.0 Å². The summed E-state index contributed by atoms with van der Waals surface area (Å²) < 4.78 is 0. The predicted molar refractivity (Wildman–Crippen MR) is 72.5 cm³/mol. The van der Waals surface area contributed by atoms with Gasteiger partial charge in [0.1, 0.15) is 0 Å². The smallest absolute Gasteiger partial charge is 0.0891 e. The highest BCUT2D eigenvalue weighted by molar-refractivity contribution is 5.30. The van der Waals surface area contributed by atoms with E-state index in [0.29, 0.717) is 5.76 Å². The summed E-state index contributed by atoms with van der Waals surface area (Å²) in [4.78, 5) is 0. The average Bonchev–Trinajstić information content (AvgIpc) is 1.98. The molecule has 0 bridgehead atoms. The van der Waals surface area contributed by atoms with Crippen molar-refractivity contribution in [1.82, 2.24) is 0 Å². The van der Waals surface area contributed by atoms with Gasteiger partial charge in [-0.2, -0.15) is 0 Å². The fraction of sp³-hybridized carbons (Fsp3) is 0.600. The lowest BCUT2D eigenvalue weighted by atomic mass is 9.84. The van der Waals surface area contributed by atoms with Gasteiger partial charge >= 0.3 is 0 Å². The van der Waals surface area contributed by atoms with Gasteiger partial charge in [-0.15, -0.1) is 0 Å². The highest BCUT2D eigenvalue weighted by atomic mass is 16.3. The second kappa shape index (κ2) is 5.38.